The maximum atomic E-state index is 12.2. The summed E-state index contributed by atoms with van der Waals surface area (Å²) in [6.45, 7) is 24.6. The number of hydrogen-bond acceptors (Lipinski definition) is 7. The molecule has 0 amide bonds. The van der Waals surface area contributed by atoms with E-state index in [-0.39, 0.29) is 45.5 Å². The van der Waals surface area contributed by atoms with Crippen LogP contribution < -0.4 is 18.9 Å². The number of hydrogen-bond donors (Lipinski definition) is 0. The standard InChI is InChI=1S/C29H28O7/c1-16(2)20(9)33-25-14-21(10-12-23(25)34-27(30)17(3)4)22-11-13-24(35-28(31)18(5)6)26(15-22)36-29(32)19(7)8/h10-15H,1,3,5,7,9H2,2,4,6,8H3. The van der Waals surface area contributed by atoms with Crippen LogP contribution in [0.5, 0.6) is 23.0 Å². The lowest BCUT2D eigenvalue weighted by Crippen LogP contribution is -2.12. The summed E-state index contributed by atoms with van der Waals surface area (Å²) in [4.78, 5) is 36.3. The van der Waals surface area contributed by atoms with Crippen LogP contribution >= 0.6 is 0 Å². The molecule has 2 aromatic carbocycles. The number of esters is 3. The van der Waals surface area contributed by atoms with E-state index in [9.17, 15) is 14.4 Å². The minimum atomic E-state index is -0.691. The minimum absolute atomic E-state index is 0.00157. The SMILES string of the molecule is C=C(C)C(=C)Oc1cc(-c2ccc(OC(=O)C(=C)C)c(OC(=O)C(=C)C)c2)ccc1OC(=O)C(=C)C. The fourth-order valence-corrected chi connectivity index (χ4v) is 2.48. The largest absolute Gasteiger partial charge is 0.454 e. The Kier molecular flexibility index (Phi) is 8.94. The summed E-state index contributed by atoms with van der Waals surface area (Å²) >= 11 is 0. The van der Waals surface area contributed by atoms with Gasteiger partial charge in [-0.3, -0.25) is 0 Å². The third-order valence-electron chi connectivity index (χ3n) is 4.58. The molecule has 0 aliphatic heterocycles. The first-order valence-corrected chi connectivity index (χ1v) is 10.7. The summed E-state index contributed by atoms with van der Waals surface area (Å²) in [5, 5.41) is 0. The zero-order chi connectivity index (χ0) is 27.2. The van der Waals surface area contributed by atoms with E-state index in [4.69, 9.17) is 18.9 Å². The summed E-state index contributed by atoms with van der Waals surface area (Å²) in [5.74, 6) is -1.33. The number of carbonyl (C=O) groups excluding carboxylic acids is 3. The van der Waals surface area contributed by atoms with Gasteiger partial charge in [-0.15, -0.1) is 0 Å². The Labute approximate surface area is 210 Å². The molecule has 0 aromatic heterocycles. The predicted molar refractivity (Wildman–Crippen MR) is 138 cm³/mol. The zero-order valence-electron chi connectivity index (χ0n) is 20.9. The highest BCUT2D eigenvalue weighted by molar-refractivity contribution is 5.92. The Morgan fingerprint density at radius 1 is 0.500 bits per heavy atom. The average Bonchev–Trinajstić information content (AvgIpc) is 2.80. The monoisotopic (exact) mass is 488 g/mol. The van der Waals surface area contributed by atoms with Crippen molar-refractivity contribution in [2.24, 2.45) is 0 Å². The lowest BCUT2D eigenvalue weighted by molar-refractivity contribution is -0.132. The Bertz CT molecular complexity index is 1210. The fraction of sp³-hybridized carbons (Fsp3) is 0.138. The number of benzene rings is 2. The summed E-state index contributed by atoms with van der Waals surface area (Å²) in [7, 11) is 0. The van der Waals surface area contributed by atoms with Crippen molar-refractivity contribution >= 4 is 17.9 Å². The van der Waals surface area contributed by atoms with Gasteiger partial charge in [-0.25, -0.2) is 14.4 Å². The predicted octanol–water partition coefficient (Wildman–Crippen LogP) is 6.27. The minimum Gasteiger partial charge on any atom is -0.454 e. The Morgan fingerprint density at radius 2 is 0.833 bits per heavy atom. The van der Waals surface area contributed by atoms with Crippen molar-refractivity contribution in [2.45, 2.75) is 27.7 Å². The van der Waals surface area contributed by atoms with Gasteiger partial charge in [-0.1, -0.05) is 45.0 Å². The molecular formula is C29H28O7. The lowest BCUT2D eigenvalue weighted by Gasteiger charge is -2.16. The van der Waals surface area contributed by atoms with E-state index in [1.807, 2.05) is 0 Å². The van der Waals surface area contributed by atoms with Gasteiger partial charge in [0.15, 0.2) is 23.0 Å². The molecular weight excluding hydrogens is 460 g/mol. The molecule has 0 bridgehead atoms. The van der Waals surface area contributed by atoms with Crippen molar-refractivity contribution in [3.8, 4) is 34.1 Å². The fourth-order valence-electron chi connectivity index (χ4n) is 2.48. The highest BCUT2D eigenvalue weighted by atomic mass is 16.6. The van der Waals surface area contributed by atoms with E-state index in [2.05, 4.69) is 32.9 Å². The van der Waals surface area contributed by atoms with Crippen molar-refractivity contribution in [1.29, 1.82) is 0 Å². The Hall–Kier alpha value is -4.65. The second-order valence-electron chi connectivity index (χ2n) is 8.14. The molecule has 7 nitrogen and oxygen atoms in total. The molecule has 0 atom stereocenters. The third-order valence-corrected chi connectivity index (χ3v) is 4.58. The first-order chi connectivity index (χ1) is 16.8. The summed E-state index contributed by atoms with van der Waals surface area (Å²) in [6, 6.07) is 9.51. The van der Waals surface area contributed by atoms with Crippen LogP contribution in [0.4, 0.5) is 0 Å². The number of carbonyl (C=O) groups is 3. The second kappa shape index (κ2) is 11.7. The van der Waals surface area contributed by atoms with Crippen molar-refractivity contribution < 1.29 is 33.3 Å². The van der Waals surface area contributed by atoms with Crippen molar-refractivity contribution in [1.82, 2.24) is 0 Å². The zero-order valence-corrected chi connectivity index (χ0v) is 20.9. The van der Waals surface area contributed by atoms with E-state index in [1.54, 1.807) is 31.2 Å². The smallest absolute Gasteiger partial charge is 0.338 e. The molecule has 2 aromatic rings. The maximum Gasteiger partial charge on any atom is 0.338 e. The Morgan fingerprint density at radius 3 is 1.17 bits per heavy atom. The molecule has 0 N–H and O–H groups in total. The van der Waals surface area contributed by atoms with Crippen LogP contribution in [0.2, 0.25) is 0 Å². The van der Waals surface area contributed by atoms with Crippen LogP contribution in [-0.4, -0.2) is 17.9 Å². The highest BCUT2D eigenvalue weighted by Crippen LogP contribution is 2.38. The number of rotatable bonds is 10. The van der Waals surface area contributed by atoms with E-state index in [1.165, 1.54) is 32.9 Å². The summed E-state index contributed by atoms with van der Waals surface area (Å²) < 4.78 is 21.9. The quantitative estimate of drug-likeness (QED) is 0.128. The van der Waals surface area contributed by atoms with Crippen LogP contribution in [0, 0.1) is 0 Å². The third kappa shape index (κ3) is 7.17. The molecule has 0 aliphatic carbocycles. The molecule has 0 saturated carbocycles. The van der Waals surface area contributed by atoms with Gasteiger partial charge >= 0.3 is 17.9 Å². The lowest BCUT2D eigenvalue weighted by atomic mass is 10.0. The van der Waals surface area contributed by atoms with E-state index >= 15 is 0 Å². The van der Waals surface area contributed by atoms with Gasteiger partial charge in [0.05, 0.1) is 0 Å². The molecule has 2 rings (SSSR count). The van der Waals surface area contributed by atoms with E-state index in [0.717, 1.165) is 0 Å². The van der Waals surface area contributed by atoms with Crippen LogP contribution in [-0.2, 0) is 14.4 Å². The average molecular weight is 489 g/mol. The van der Waals surface area contributed by atoms with E-state index < -0.39 is 17.9 Å². The van der Waals surface area contributed by atoms with Gasteiger partial charge in [0.1, 0.15) is 5.76 Å². The summed E-state index contributed by atoms with van der Waals surface area (Å²) in [5.41, 5.74) is 2.33. The van der Waals surface area contributed by atoms with E-state index in [0.29, 0.717) is 16.7 Å². The van der Waals surface area contributed by atoms with Crippen molar-refractivity contribution in [3.05, 3.63) is 97.3 Å². The topological polar surface area (TPSA) is 88.1 Å². The van der Waals surface area contributed by atoms with Gasteiger partial charge in [-0.2, -0.15) is 0 Å². The summed E-state index contributed by atoms with van der Waals surface area (Å²) in [6.07, 6.45) is 0. The van der Waals surface area contributed by atoms with Gasteiger partial charge in [-0.05, 0) is 68.7 Å². The van der Waals surface area contributed by atoms with Gasteiger partial charge in [0.25, 0.3) is 0 Å². The molecule has 0 aliphatic rings. The highest BCUT2D eigenvalue weighted by Gasteiger charge is 2.18. The van der Waals surface area contributed by atoms with Gasteiger partial charge in [0, 0.05) is 16.7 Å². The number of ether oxygens (including phenoxy) is 4. The number of allylic oxidation sites excluding steroid dienone is 1. The van der Waals surface area contributed by atoms with Gasteiger partial charge in [0.2, 0.25) is 0 Å². The molecule has 0 heterocycles. The first kappa shape index (κ1) is 27.6. The molecule has 7 heteroatoms. The molecule has 0 radical (unpaired) electrons. The molecule has 36 heavy (non-hydrogen) atoms. The molecule has 0 fully saturated rings. The molecule has 0 saturated heterocycles. The van der Waals surface area contributed by atoms with Crippen LogP contribution in [0.3, 0.4) is 0 Å². The normalized spacial score (nSPS) is 10.0. The van der Waals surface area contributed by atoms with Crippen LogP contribution in [0.15, 0.2) is 97.3 Å². The first-order valence-electron chi connectivity index (χ1n) is 10.7. The molecule has 186 valence electrons. The van der Waals surface area contributed by atoms with Crippen LogP contribution in [0.25, 0.3) is 11.1 Å². The maximum absolute atomic E-state index is 12.2. The van der Waals surface area contributed by atoms with Crippen molar-refractivity contribution in [3.63, 3.8) is 0 Å². The Balaban J connectivity index is 2.58. The second-order valence-corrected chi connectivity index (χ2v) is 8.14. The molecule has 0 spiro atoms. The van der Waals surface area contributed by atoms with Crippen LogP contribution in [0.1, 0.15) is 27.7 Å². The van der Waals surface area contributed by atoms with Crippen molar-refractivity contribution in [2.75, 3.05) is 0 Å². The van der Waals surface area contributed by atoms with Gasteiger partial charge < -0.3 is 18.9 Å². The molecule has 0 unspecified atom stereocenters.